The highest BCUT2D eigenvalue weighted by molar-refractivity contribution is 6.83. The van der Waals surface area contributed by atoms with E-state index in [1.54, 1.807) is 11.1 Å². The van der Waals surface area contributed by atoms with E-state index in [1.807, 2.05) is 41.8 Å². The van der Waals surface area contributed by atoms with E-state index in [-0.39, 0.29) is 35.8 Å². The molecular formula is C24H28N2O4Si. The van der Waals surface area contributed by atoms with Crippen molar-refractivity contribution in [3.63, 3.8) is 0 Å². The standard InChI is InChI=1S/C24H28N2O4Si/c1-5-25-19-15-29-16-20(19)26-13-18(11-12-31(2,3)4)22(27)23(21(26)24(25)28)30-14-17-9-7-6-8-10-17/h6-10,13,19-20H,5,14-16H2,1-4H3/t19-,20?/m0/s1. The van der Waals surface area contributed by atoms with Crippen molar-refractivity contribution in [1.82, 2.24) is 9.47 Å². The van der Waals surface area contributed by atoms with Gasteiger partial charge >= 0.3 is 0 Å². The van der Waals surface area contributed by atoms with Crippen LogP contribution in [0, 0.1) is 11.5 Å². The van der Waals surface area contributed by atoms with E-state index < -0.39 is 8.07 Å². The summed E-state index contributed by atoms with van der Waals surface area (Å²) in [5.74, 6) is 2.98. The third-order valence-corrected chi connectivity index (χ3v) is 6.45. The number of benzene rings is 1. The molecule has 31 heavy (non-hydrogen) atoms. The SMILES string of the molecule is CCN1C(=O)c2c(OCc3ccccc3)c(=O)c(C#C[Si](C)(C)C)cn2C2COC[C@@H]21. The van der Waals surface area contributed by atoms with E-state index in [2.05, 4.69) is 31.1 Å². The first kappa shape index (κ1) is 21.4. The van der Waals surface area contributed by atoms with E-state index in [9.17, 15) is 9.59 Å². The monoisotopic (exact) mass is 436 g/mol. The Labute approximate surface area is 183 Å². The molecule has 1 amide bonds. The first-order chi connectivity index (χ1) is 14.8. The third kappa shape index (κ3) is 4.18. The highest BCUT2D eigenvalue weighted by Crippen LogP contribution is 2.35. The van der Waals surface area contributed by atoms with E-state index >= 15 is 0 Å². The summed E-state index contributed by atoms with van der Waals surface area (Å²) >= 11 is 0. The fourth-order valence-corrected chi connectivity index (χ4v) is 4.56. The molecule has 0 radical (unpaired) electrons. The van der Waals surface area contributed by atoms with E-state index in [1.165, 1.54) is 0 Å². The number of likely N-dealkylation sites (N-methyl/N-ethyl adjacent to an activating group) is 1. The van der Waals surface area contributed by atoms with Gasteiger partial charge in [-0.3, -0.25) is 9.59 Å². The lowest BCUT2D eigenvalue weighted by Crippen LogP contribution is -2.51. The second-order valence-electron chi connectivity index (χ2n) is 8.99. The Morgan fingerprint density at radius 3 is 2.52 bits per heavy atom. The second kappa shape index (κ2) is 8.37. The number of hydrogen-bond donors (Lipinski definition) is 0. The topological polar surface area (TPSA) is 60.8 Å². The lowest BCUT2D eigenvalue weighted by atomic mass is 10.0. The molecule has 162 valence electrons. The number of fused-ring (bicyclic) bond motifs is 3. The molecule has 1 saturated heterocycles. The van der Waals surface area contributed by atoms with Gasteiger partial charge in [-0.05, 0) is 12.5 Å². The summed E-state index contributed by atoms with van der Waals surface area (Å²) in [6.45, 7) is 10.1. The molecule has 2 aliphatic heterocycles. The normalized spacial score (nSPS) is 20.0. The van der Waals surface area contributed by atoms with Gasteiger partial charge in [-0.2, -0.15) is 0 Å². The van der Waals surface area contributed by atoms with Crippen LogP contribution < -0.4 is 10.2 Å². The van der Waals surface area contributed by atoms with Gasteiger partial charge < -0.3 is 18.9 Å². The number of aromatic nitrogens is 1. The molecular weight excluding hydrogens is 408 g/mol. The van der Waals surface area contributed by atoms with E-state index in [4.69, 9.17) is 9.47 Å². The van der Waals surface area contributed by atoms with Crippen LogP contribution in [0.1, 0.15) is 34.6 Å². The molecule has 0 N–H and O–H groups in total. The van der Waals surface area contributed by atoms with Crippen LogP contribution >= 0.6 is 0 Å². The van der Waals surface area contributed by atoms with E-state index in [0.717, 1.165) is 5.56 Å². The number of amides is 1. The molecule has 2 atom stereocenters. The van der Waals surface area contributed by atoms with Gasteiger partial charge in [-0.15, -0.1) is 5.54 Å². The molecule has 7 heteroatoms. The summed E-state index contributed by atoms with van der Waals surface area (Å²) in [4.78, 5) is 28.6. The molecule has 0 spiro atoms. The number of rotatable bonds is 4. The zero-order valence-corrected chi connectivity index (χ0v) is 19.5. The van der Waals surface area contributed by atoms with Crippen molar-refractivity contribution in [3.8, 4) is 17.2 Å². The number of nitrogens with zero attached hydrogens (tertiary/aromatic N) is 2. The van der Waals surface area contributed by atoms with Gasteiger partial charge in [0.25, 0.3) is 5.91 Å². The highest BCUT2D eigenvalue weighted by atomic mass is 28.3. The van der Waals surface area contributed by atoms with Crippen LogP contribution in [0.2, 0.25) is 19.6 Å². The summed E-state index contributed by atoms with van der Waals surface area (Å²) in [5, 5.41) is 0. The smallest absolute Gasteiger partial charge is 0.274 e. The quantitative estimate of drug-likeness (QED) is 0.546. The van der Waals surface area contributed by atoms with Crippen LogP contribution in [0.3, 0.4) is 0 Å². The molecule has 6 nitrogen and oxygen atoms in total. The average molecular weight is 437 g/mol. The Kier molecular flexibility index (Phi) is 5.78. The Morgan fingerprint density at radius 1 is 1.13 bits per heavy atom. The van der Waals surface area contributed by atoms with Crippen LogP contribution in [-0.4, -0.2) is 49.2 Å². The maximum Gasteiger partial charge on any atom is 0.274 e. The van der Waals surface area contributed by atoms with Gasteiger partial charge in [-0.25, -0.2) is 0 Å². The van der Waals surface area contributed by atoms with Crippen LogP contribution in [0.4, 0.5) is 0 Å². The molecule has 0 aliphatic carbocycles. The molecule has 3 heterocycles. The van der Waals surface area contributed by atoms with E-state index in [0.29, 0.717) is 31.0 Å². The molecule has 1 aromatic heterocycles. The number of pyridine rings is 1. The lowest BCUT2D eigenvalue weighted by molar-refractivity contribution is 0.0568. The fourth-order valence-electron chi connectivity index (χ4n) is 4.05. The van der Waals surface area contributed by atoms with Gasteiger partial charge in [-0.1, -0.05) is 55.9 Å². The minimum Gasteiger partial charge on any atom is -0.483 e. The van der Waals surface area contributed by atoms with Gasteiger partial charge in [0.1, 0.15) is 14.7 Å². The fraction of sp³-hybridized carbons (Fsp3) is 0.417. The number of hydrogen-bond acceptors (Lipinski definition) is 4. The zero-order chi connectivity index (χ0) is 22.2. The number of carbonyl (C=O) groups is 1. The third-order valence-electron chi connectivity index (χ3n) is 5.57. The molecule has 2 aliphatic rings. The first-order valence-electron chi connectivity index (χ1n) is 10.7. The van der Waals surface area contributed by atoms with Crippen molar-refractivity contribution in [2.24, 2.45) is 0 Å². The first-order valence-corrected chi connectivity index (χ1v) is 14.2. The molecule has 1 aromatic carbocycles. The van der Waals surface area contributed by atoms with Crippen molar-refractivity contribution in [2.75, 3.05) is 19.8 Å². The van der Waals surface area contributed by atoms with Crippen LogP contribution in [-0.2, 0) is 11.3 Å². The summed E-state index contributed by atoms with van der Waals surface area (Å²) < 4.78 is 13.6. The van der Waals surface area contributed by atoms with Crippen molar-refractivity contribution in [3.05, 3.63) is 63.6 Å². The zero-order valence-electron chi connectivity index (χ0n) is 18.5. The van der Waals surface area contributed by atoms with Gasteiger partial charge in [0.2, 0.25) is 5.43 Å². The second-order valence-corrected chi connectivity index (χ2v) is 13.7. The van der Waals surface area contributed by atoms with Crippen LogP contribution in [0.25, 0.3) is 0 Å². The maximum atomic E-state index is 13.4. The van der Waals surface area contributed by atoms with Crippen molar-refractivity contribution < 1.29 is 14.3 Å². The van der Waals surface area contributed by atoms with Crippen molar-refractivity contribution in [1.29, 1.82) is 0 Å². The summed E-state index contributed by atoms with van der Waals surface area (Å²) in [6, 6.07) is 9.52. The highest BCUT2D eigenvalue weighted by Gasteiger charge is 2.44. The minimum atomic E-state index is -1.69. The molecule has 2 aromatic rings. The van der Waals surface area contributed by atoms with Gasteiger partial charge in [0, 0.05) is 12.7 Å². The number of carbonyl (C=O) groups excluding carboxylic acids is 1. The molecule has 1 unspecified atom stereocenters. The van der Waals surface area contributed by atoms with Crippen molar-refractivity contribution in [2.45, 2.75) is 45.3 Å². The van der Waals surface area contributed by atoms with Gasteiger partial charge in [0.15, 0.2) is 11.4 Å². The lowest BCUT2D eigenvalue weighted by Gasteiger charge is -2.38. The minimum absolute atomic E-state index is 0.0488. The predicted octanol–water partition coefficient (Wildman–Crippen LogP) is 3.07. The van der Waals surface area contributed by atoms with Gasteiger partial charge in [0.05, 0.1) is 30.9 Å². The molecule has 4 rings (SSSR count). The largest absolute Gasteiger partial charge is 0.483 e. The summed E-state index contributed by atoms with van der Waals surface area (Å²) in [7, 11) is -1.69. The number of ether oxygens (including phenoxy) is 2. The predicted molar refractivity (Wildman–Crippen MR) is 122 cm³/mol. The average Bonchev–Trinajstić information content (AvgIpc) is 3.22. The van der Waals surface area contributed by atoms with Crippen LogP contribution in [0.5, 0.6) is 5.75 Å². The Morgan fingerprint density at radius 2 is 1.84 bits per heavy atom. The Balaban J connectivity index is 1.87. The summed E-state index contributed by atoms with van der Waals surface area (Å²) in [6.07, 6.45) is 1.73. The molecule has 0 bridgehead atoms. The maximum absolute atomic E-state index is 13.4. The van der Waals surface area contributed by atoms with Crippen LogP contribution in [0.15, 0.2) is 41.3 Å². The molecule has 0 saturated carbocycles. The Hall–Kier alpha value is -2.82. The Bertz CT molecular complexity index is 1110. The van der Waals surface area contributed by atoms with Crippen molar-refractivity contribution >= 4 is 14.0 Å². The molecule has 1 fully saturated rings. The summed E-state index contributed by atoms with van der Waals surface area (Å²) in [5.41, 5.74) is 4.55.